The van der Waals surface area contributed by atoms with Gasteiger partial charge in [0.1, 0.15) is 11.6 Å². The Bertz CT molecular complexity index is 423. The molecule has 0 aromatic heterocycles. The monoisotopic (exact) mass is 253 g/mol. The van der Waals surface area contributed by atoms with E-state index in [4.69, 9.17) is 0 Å². The van der Waals surface area contributed by atoms with Crippen LogP contribution in [0.15, 0.2) is 18.2 Å². The molecule has 1 aliphatic carbocycles. The highest BCUT2D eigenvalue weighted by atomic mass is 19.1. The van der Waals surface area contributed by atoms with Gasteiger partial charge in [0.05, 0.1) is 0 Å². The molecule has 1 N–H and O–H groups in total. The molecular formula is C15H21F2N. The van der Waals surface area contributed by atoms with Crippen molar-refractivity contribution in [2.24, 2.45) is 5.92 Å². The summed E-state index contributed by atoms with van der Waals surface area (Å²) in [5.41, 5.74) is 0.614. The average Bonchev–Trinajstić information content (AvgIpc) is 2.20. The summed E-state index contributed by atoms with van der Waals surface area (Å²) >= 11 is 0. The van der Waals surface area contributed by atoms with Gasteiger partial charge in [-0.15, -0.1) is 0 Å². The third-order valence-corrected chi connectivity index (χ3v) is 3.67. The SMILES string of the molecule is CC(C)(C)NCC1CCC1c1cc(F)ccc1F. The molecule has 2 atom stereocenters. The van der Waals surface area contributed by atoms with Gasteiger partial charge in [-0.1, -0.05) is 0 Å². The molecule has 1 nitrogen and oxygen atoms in total. The van der Waals surface area contributed by atoms with Crippen LogP contribution in [0.4, 0.5) is 8.78 Å². The van der Waals surface area contributed by atoms with Gasteiger partial charge in [-0.25, -0.2) is 8.78 Å². The lowest BCUT2D eigenvalue weighted by atomic mass is 9.69. The number of rotatable bonds is 3. The van der Waals surface area contributed by atoms with Gasteiger partial charge in [0.15, 0.2) is 0 Å². The zero-order chi connectivity index (χ0) is 13.3. The van der Waals surface area contributed by atoms with Crippen LogP contribution < -0.4 is 5.32 Å². The zero-order valence-electron chi connectivity index (χ0n) is 11.3. The molecule has 0 amide bonds. The molecule has 18 heavy (non-hydrogen) atoms. The van der Waals surface area contributed by atoms with Crippen molar-refractivity contribution in [3.05, 3.63) is 35.4 Å². The molecule has 0 radical (unpaired) electrons. The van der Waals surface area contributed by atoms with Crippen LogP contribution in [0.5, 0.6) is 0 Å². The summed E-state index contributed by atoms with van der Waals surface area (Å²) in [6, 6.07) is 3.76. The largest absolute Gasteiger partial charge is 0.312 e. The van der Waals surface area contributed by atoms with E-state index < -0.39 is 0 Å². The Kier molecular flexibility index (Phi) is 3.71. The average molecular weight is 253 g/mol. The van der Waals surface area contributed by atoms with Gasteiger partial charge in [-0.3, -0.25) is 0 Å². The van der Waals surface area contributed by atoms with E-state index >= 15 is 0 Å². The molecule has 1 saturated carbocycles. The fraction of sp³-hybridized carbons (Fsp3) is 0.600. The molecule has 0 spiro atoms. The molecule has 2 unspecified atom stereocenters. The summed E-state index contributed by atoms with van der Waals surface area (Å²) in [7, 11) is 0. The lowest BCUT2D eigenvalue weighted by Gasteiger charge is -2.39. The minimum Gasteiger partial charge on any atom is -0.312 e. The Balaban J connectivity index is 2.03. The van der Waals surface area contributed by atoms with E-state index in [0.29, 0.717) is 11.5 Å². The highest BCUT2D eigenvalue weighted by Gasteiger charge is 2.34. The topological polar surface area (TPSA) is 12.0 Å². The van der Waals surface area contributed by atoms with Gasteiger partial charge in [0.25, 0.3) is 0 Å². The summed E-state index contributed by atoms with van der Waals surface area (Å²) in [4.78, 5) is 0. The van der Waals surface area contributed by atoms with Crippen LogP contribution in [0, 0.1) is 17.6 Å². The fourth-order valence-corrected chi connectivity index (χ4v) is 2.46. The fourth-order valence-electron chi connectivity index (χ4n) is 2.46. The van der Waals surface area contributed by atoms with E-state index in [1.165, 1.54) is 18.2 Å². The van der Waals surface area contributed by atoms with Crippen molar-refractivity contribution in [1.82, 2.24) is 5.32 Å². The molecule has 2 rings (SSSR count). The molecule has 3 heteroatoms. The maximum atomic E-state index is 13.7. The van der Waals surface area contributed by atoms with E-state index in [9.17, 15) is 8.78 Å². The zero-order valence-corrected chi connectivity index (χ0v) is 11.3. The molecule has 1 aromatic rings. The van der Waals surface area contributed by atoms with E-state index in [1.54, 1.807) is 0 Å². The lowest BCUT2D eigenvalue weighted by molar-refractivity contribution is 0.221. The number of halogens is 2. The summed E-state index contributed by atoms with van der Waals surface area (Å²) in [6.07, 6.45) is 2.04. The van der Waals surface area contributed by atoms with Crippen LogP contribution in [0.25, 0.3) is 0 Å². The molecule has 0 saturated heterocycles. The minimum absolute atomic E-state index is 0.0701. The quantitative estimate of drug-likeness (QED) is 0.863. The molecule has 1 aliphatic rings. The van der Waals surface area contributed by atoms with Crippen LogP contribution in [-0.4, -0.2) is 12.1 Å². The van der Waals surface area contributed by atoms with Gasteiger partial charge >= 0.3 is 0 Å². The summed E-state index contributed by atoms with van der Waals surface area (Å²) in [6.45, 7) is 7.21. The Hall–Kier alpha value is -0.960. The highest BCUT2D eigenvalue weighted by molar-refractivity contribution is 5.25. The van der Waals surface area contributed by atoms with Gasteiger partial charge < -0.3 is 5.32 Å². The number of benzene rings is 1. The van der Waals surface area contributed by atoms with Crippen LogP contribution in [-0.2, 0) is 0 Å². The summed E-state index contributed by atoms with van der Waals surface area (Å²) in [5, 5.41) is 3.44. The lowest BCUT2D eigenvalue weighted by Crippen LogP contribution is -2.43. The molecule has 1 aromatic carbocycles. The third-order valence-electron chi connectivity index (χ3n) is 3.67. The second kappa shape index (κ2) is 4.96. The van der Waals surface area contributed by atoms with Crippen LogP contribution in [0.3, 0.4) is 0 Å². The van der Waals surface area contributed by atoms with Crippen molar-refractivity contribution in [3.63, 3.8) is 0 Å². The first-order chi connectivity index (χ1) is 8.37. The standard InChI is InChI=1S/C15H21F2N/c1-15(2,3)18-9-10-4-6-12(10)13-8-11(16)5-7-14(13)17/h5,7-8,10,12,18H,4,6,9H2,1-3H3. The van der Waals surface area contributed by atoms with Crippen LogP contribution in [0.2, 0.25) is 0 Å². The third kappa shape index (κ3) is 3.08. The van der Waals surface area contributed by atoms with Crippen molar-refractivity contribution in [2.75, 3.05) is 6.54 Å². The van der Waals surface area contributed by atoms with Crippen LogP contribution >= 0.6 is 0 Å². The summed E-state index contributed by atoms with van der Waals surface area (Å²) < 4.78 is 26.9. The number of hydrogen-bond donors (Lipinski definition) is 1. The Morgan fingerprint density at radius 1 is 1.22 bits per heavy atom. The van der Waals surface area contributed by atoms with Crippen molar-refractivity contribution >= 4 is 0 Å². The van der Waals surface area contributed by atoms with E-state index in [-0.39, 0.29) is 23.1 Å². The summed E-state index contributed by atoms with van der Waals surface area (Å²) in [5.74, 6) is -0.0428. The predicted molar refractivity (Wildman–Crippen MR) is 69.6 cm³/mol. The number of nitrogens with one attached hydrogen (secondary N) is 1. The van der Waals surface area contributed by atoms with E-state index in [2.05, 4.69) is 26.1 Å². The van der Waals surface area contributed by atoms with Gasteiger partial charge in [-0.05, 0) is 75.8 Å². The first kappa shape index (κ1) is 13.5. The molecule has 0 heterocycles. The maximum absolute atomic E-state index is 13.7. The van der Waals surface area contributed by atoms with Gasteiger partial charge in [-0.2, -0.15) is 0 Å². The highest BCUT2D eigenvalue weighted by Crippen LogP contribution is 2.43. The first-order valence-electron chi connectivity index (χ1n) is 6.57. The van der Waals surface area contributed by atoms with Crippen LogP contribution in [0.1, 0.15) is 45.1 Å². The first-order valence-corrected chi connectivity index (χ1v) is 6.57. The smallest absolute Gasteiger partial charge is 0.126 e. The van der Waals surface area contributed by atoms with E-state index in [1.807, 2.05) is 0 Å². The predicted octanol–water partition coefficient (Wildman–Crippen LogP) is 3.85. The Labute approximate surface area is 108 Å². The van der Waals surface area contributed by atoms with Crippen molar-refractivity contribution < 1.29 is 8.78 Å². The van der Waals surface area contributed by atoms with Gasteiger partial charge in [0.2, 0.25) is 0 Å². The van der Waals surface area contributed by atoms with Crippen molar-refractivity contribution in [1.29, 1.82) is 0 Å². The molecule has 1 fully saturated rings. The normalized spacial score (nSPS) is 23.8. The van der Waals surface area contributed by atoms with Crippen molar-refractivity contribution in [3.8, 4) is 0 Å². The van der Waals surface area contributed by atoms with Gasteiger partial charge in [0, 0.05) is 5.54 Å². The van der Waals surface area contributed by atoms with Crippen molar-refractivity contribution in [2.45, 2.75) is 45.1 Å². The van der Waals surface area contributed by atoms with E-state index in [0.717, 1.165) is 19.4 Å². The maximum Gasteiger partial charge on any atom is 0.126 e. The second-order valence-electron chi connectivity index (χ2n) is 6.24. The molecule has 100 valence electrons. The minimum atomic E-state index is -0.346. The Morgan fingerprint density at radius 2 is 1.94 bits per heavy atom. The number of hydrogen-bond acceptors (Lipinski definition) is 1. The molecule has 0 bridgehead atoms. The Morgan fingerprint density at radius 3 is 2.50 bits per heavy atom. The molecule has 0 aliphatic heterocycles. The second-order valence-corrected chi connectivity index (χ2v) is 6.24. The molecular weight excluding hydrogens is 232 g/mol.